The van der Waals surface area contributed by atoms with E-state index in [1.54, 1.807) is 7.11 Å². The van der Waals surface area contributed by atoms with E-state index >= 15 is 0 Å². The maximum atomic E-state index is 6.10. The minimum absolute atomic E-state index is 0.338. The van der Waals surface area contributed by atoms with Gasteiger partial charge in [0.2, 0.25) is 5.95 Å². The largest absolute Gasteiger partial charge is 0.494 e. The lowest BCUT2D eigenvalue weighted by atomic mass is 9.84. The summed E-state index contributed by atoms with van der Waals surface area (Å²) in [4.78, 5) is 4.47. The lowest BCUT2D eigenvalue weighted by molar-refractivity contribution is 0.326. The average molecular weight is 277 g/mol. The van der Waals surface area contributed by atoms with Gasteiger partial charge in [-0.3, -0.25) is 0 Å². The molecule has 0 radical (unpaired) electrons. The molecule has 4 nitrogen and oxygen atoms in total. The van der Waals surface area contributed by atoms with Crippen LogP contribution in [0.5, 0.6) is 5.75 Å². The fourth-order valence-corrected chi connectivity index (χ4v) is 3.71. The zero-order valence-corrected chi connectivity index (χ0v) is 12.2. The lowest BCUT2D eigenvalue weighted by Gasteiger charge is -2.40. The molecule has 1 heterocycles. The second-order valence-electron chi connectivity index (χ2n) is 5.12. The number of nitrogens with two attached hydrogens (primary N) is 1. The highest BCUT2D eigenvalue weighted by Gasteiger charge is 2.37. The Bertz CT molecular complexity index is 598. The number of anilines is 1. The number of benzene rings is 1. The van der Waals surface area contributed by atoms with E-state index in [0.717, 1.165) is 23.3 Å². The van der Waals surface area contributed by atoms with Gasteiger partial charge in [-0.25, -0.2) is 4.98 Å². The van der Waals surface area contributed by atoms with Crippen LogP contribution in [0.3, 0.4) is 0 Å². The number of ether oxygens (including phenoxy) is 1. The van der Waals surface area contributed by atoms with E-state index < -0.39 is 0 Å². The number of imidazole rings is 1. The third-order valence-corrected chi connectivity index (χ3v) is 5.54. The van der Waals surface area contributed by atoms with Crippen molar-refractivity contribution in [2.24, 2.45) is 0 Å². The Morgan fingerprint density at radius 2 is 2.26 bits per heavy atom. The fraction of sp³-hybridized carbons (Fsp3) is 0.500. The molecule has 0 unspecified atom stereocenters. The van der Waals surface area contributed by atoms with E-state index in [1.807, 2.05) is 23.9 Å². The predicted octanol–water partition coefficient (Wildman–Crippen LogP) is 2.91. The maximum absolute atomic E-state index is 6.10. The molecule has 2 aromatic rings. The molecule has 1 aromatic heterocycles. The van der Waals surface area contributed by atoms with Crippen molar-refractivity contribution in [3.8, 4) is 5.75 Å². The summed E-state index contributed by atoms with van der Waals surface area (Å²) in [5.41, 5.74) is 8.03. The van der Waals surface area contributed by atoms with Crippen molar-refractivity contribution in [1.29, 1.82) is 0 Å². The number of methoxy groups -OCH3 is 1. The van der Waals surface area contributed by atoms with Gasteiger partial charge in [-0.05, 0) is 31.2 Å². The lowest BCUT2D eigenvalue weighted by Crippen LogP contribution is -2.38. The second-order valence-corrected chi connectivity index (χ2v) is 6.40. The van der Waals surface area contributed by atoms with Crippen LogP contribution in [-0.4, -0.2) is 27.7 Å². The van der Waals surface area contributed by atoms with Gasteiger partial charge in [-0.2, -0.15) is 11.8 Å². The van der Waals surface area contributed by atoms with E-state index in [1.165, 1.54) is 19.3 Å². The van der Waals surface area contributed by atoms with Crippen LogP contribution < -0.4 is 10.5 Å². The van der Waals surface area contributed by atoms with Gasteiger partial charge in [0.1, 0.15) is 11.3 Å². The van der Waals surface area contributed by atoms with Crippen molar-refractivity contribution in [3.05, 3.63) is 18.2 Å². The molecule has 3 rings (SSSR count). The molecule has 0 amide bonds. The number of fused-ring (bicyclic) bond motifs is 1. The molecular weight excluding hydrogens is 258 g/mol. The first-order valence-electron chi connectivity index (χ1n) is 6.53. The summed E-state index contributed by atoms with van der Waals surface area (Å²) in [6.07, 6.45) is 6.03. The maximum Gasteiger partial charge on any atom is 0.201 e. The molecule has 0 atom stereocenters. The van der Waals surface area contributed by atoms with Gasteiger partial charge in [0, 0.05) is 11.3 Å². The molecule has 1 aliphatic rings. The smallest absolute Gasteiger partial charge is 0.201 e. The van der Waals surface area contributed by atoms with Gasteiger partial charge in [-0.15, -0.1) is 0 Å². The van der Waals surface area contributed by atoms with Crippen LogP contribution in [0.2, 0.25) is 0 Å². The first-order valence-corrected chi connectivity index (χ1v) is 7.75. The minimum Gasteiger partial charge on any atom is -0.494 e. The Balaban J connectivity index is 2.06. The number of hydrogen-bond donors (Lipinski definition) is 1. The summed E-state index contributed by atoms with van der Waals surface area (Å²) in [6.45, 7) is 0.934. The molecule has 1 aliphatic carbocycles. The van der Waals surface area contributed by atoms with Crippen molar-refractivity contribution in [2.75, 3.05) is 19.1 Å². The van der Waals surface area contributed by atoms with E-state index in [0.29, 0.717) is 10.7 Å². The van der Waals surface area contributed by atoms with E-state index in [4.69, 9.17) is 10.5 Å². The van der Waals surface area contributed by atoms with Crippen LogP contribution in [-0.2, 0) is 6.54 Å². The van der Waals surface area contributed by atoms with Crippen LogP contribution in [0.1, 0.15) is 19.3 Å². The number of thioether (sulfide) groups is 1. The highest BCUT2D eigenvalue weighted by molar-refractivity contribution is 8.00. The number of aromatic nitrogens is 2. The molecule has 19 heavy (non-hydrogen) atoms. The minimum atomic E-state index is 0.338. The quantitative estimate of drug-likeness (QED) is 0.933. The van der Waals surface area contributed by atoms with Crippen LogP contribution >= 0.6 is 11.8 Å². The van der Waals surface area contributed by atoms with Crippen molar-refractivity contribution < 1.29 is 4.74 Å². The molecule has 102 valence electrons. The van der Waals surface area contributed by atoms with Gasteiger partial charge in [-0.1, -0.05) is 12.5 Å². The fourth-order valence-electron chi connectivity index (χ4n) is 2.76. The zero-order chi connectivity index (χ0) is 13.5. The van der Waals surface area contributed by atoms with Crippen LogP contribution in [0, 0.1) is 0 Å². The number of para-hydroxylation sites is 1. The first-order chi connectivity index (χ1) is 9.19. The number of rotatable bonds is 4. The second kappa shape index (κ2) is 4.63. The van der Waals surface area contributed by atoms with Crippen LogP contribution in [0.4, 0.5) is 5.95 Å². The van der Waals surface area contributed by atoms with Crippen LogP contribution in [0.25, 0.3) is 11.0 Å². The third kappa shape index (κ3) is 1.96. The van der Waals surface area contributed by atoms with Gasteiger partial charge in [0.05, 0.1) is 12.6 Å². The molecule has 0 aliphatic heterocycles. The van der Waals surface area contributed by atoms with Crippen molar-refractivity contribution in [3.63, 3.8) is 0 Å². The monoisotopic (exact) mass is 277 g/mol. The summed E-state index contributed by atoms with van der Waals surface area (Å²) in [7, 11) is 1.67. The van der Waals surface area contributed by atoms with Gasteiger partial charge in [0.15, 0.2) is 0 Å². The van der Waals surface area contributed by atoms with Crippen molar-refractivity contribution >= 4 is 28.7 Å². The Labute approximate surface area is 117 Å². The van der Waals surface area contributed by atoms with E-state index in [-0.39, 0.29) is 0 Å². The van der Waals surface area contributed by atoms with Crippen molar-refractivity contribution in [1.82, 2.24) is 9.55 Å². The number of hydrogen-bond acceptors (Lipinski definition) is 4. The standard InChI is InChI=1S/C14H19N3OS/c1-18-11-6-3-5-10-12(11)16-13(15)17(10)9-14(19-2)7-4-8-14/h3,5-6H,4,7-9H2,1-2H3,(H2,15,16). The highest BCUT2D eigenvalue weighted by atomic mass is 32.2. The molecule has 0 spiro atoms. The number of nitrogens with zero attached hydrogens (tertiary/aromatic N) is 2. The highest BCUT2D eigenvalue weighted by Crippen LogP contribution is 2.45. The van der Waals surface area contributed by atoms with Gasteiger partial charge >= 0.3 is 0 Å². The molecule has 2 N–H and O–H groups in total. The Morgan fingerprint density at radius 1 is 1.47 bits per heavy atom. The first kappa shape index (κ1) is 12.7. The molecule has 0 bridgehead atoms. The Kier molecular flexibility index (Phi) is 3.09. The summed E-state index contributed by atoms with van der Waals surface area (Å²) in [6, 6.07) is 5.98. The predicted molar refractivity (Wildman–Crippen MR) is 80.8 cm³/mol. The molecule has 5 heteroatoms. The molecular formula is C14H19N3OS. The van der Waals surface area contributed by atoms with E-state index in [2.05, 4.69) is 21.9 Å². The van der Waals surface area contributed by atoms with Gasteiger partial charge in [0.25, 0.3) is 0 Å². The van der Waals surface area contributed by atoms with Crippen molar-refractivity contribution in [2.45, 2.75) is 30.6 Å². The Hall–Kier alpha value is -1.36. The summed E-state index contributed by atoms with van der Waals surface area (Å²) in [5, 5.41) is 0. The Morgan fingerprint density at radius 3 is 2.84 bits per heavy atom. The normalized spacial score (nSPS) is 17.4. The van der Waals surface area contributed by atoms with Crippen LogP contribution in [0.15, 0.2) is 18.2 Å². The average Bonchev–Trinajstić information content (AvgIpc) is 2.69. The number of nitrogen functional groups attached to an aromatic ring is 1. The summed E-state index contributed by atoms with van der Waals surface area (Å²) >= 11 is 1.95. The topological polar surface area (TPSA) is 53.1 Å². The SMILES string of the molecule is COc1cccc2c1nc(N)n2CC1(SC)CCC1. The summed E-state index contributed by atoms with van der Waals surface area (Å²) in [5.74, 6) is 1.37. The zero-order valence-electron chi connectivity index (χ0n) is 11.3. The molecule has 0 saturated heterocycles. The third-order valence-electron chi connectivity index (χ3n) is 4.14. The van der Waals surface area contributed by atoms with E-state index in [9.17, 15) is 0 Å². The molecule has 1 fully saturated rings. The summed E-state index contributed by atoms with van der Waals surface area (Å²) < 4.78 is 7.83. The van der Waals surface area contributed by atoms with Gasteiger partial charge < -0.3 is 15.0 Å². The molecule has 1 saturated carbocycles. The molecule has 1 aromatic carbocycles.